The first-order chi connectivity index (χ1) is 19.2. The van der Waals surface area contributed by atoms with Gasteiger partial charge in [0, 0.05) is 61.1 Å². The van der Waals surface area contributed by atoms with E-state index in [1.165, 1.54) is 18.2 Å². The molecule has 0 bridgehead atoms. The minimum Gasteiger partial charge on any atom is -0.371 e. The third-order valence-electron chi connectivity index (χ3n) is 10.2. The molecule has 2 aromatic rings. The number of halogens is 2. The van der Waals surface area contributed by atoms with Crippen molar-refractivity contribution in [1.82, 2.24) is 4.90 Å². The molecule has 2 amide bonds. The van der Waals surface area contributed by atoms with Crippen molar-refractivity contribution < 1.29 is 18.4 Å². The Labute approximate surface area is 235 Å². The predicted molar refractivity (Wildman–Crippen MR) is 154 cm³/mol. The van der Waals surface area contributed by atoms with Gasteiger partial charge >= 0.3 is 0 Å². The van der Waals surface area contributed by atoms with Gasteiger partial charge in [-0.15, -0.1) is 0 Å². The summed E-state index contributed by atoms with van der Waals surface area (Å²) in [5.41, 5.74) is 2.28. The lowest BCUT2D eigenvalue weighted by Gasteiger charge is -2.45. The Morgan fingerprint density at radius 1 is 0.975 bits per heavy atom. The molecule has 1 unspecified atom stereocenters. The van der Waals surface area contributed by atoms with E-state index < -0.39 is 11.4 Å². The van der Waals surface area contributed by atoms with Crippen LogP contribution < -0.4 is 15.5 Å². The Bertz CT molecular complexity index is 1280. The van der Waals surface area contributed by atoms with Gasteiger partial charge in [0.05, 0.1) is 0 Å². The molecular weight excluding hydrogens is 510 g/mol. The number of carbonyl (C=O) groups is 2. The molecule has 6 rings (SSSR count). The maximum Gasteiger partial charge on any atom is 0.250 e. The molecule has 3 aliphatic heterocycles. The number of nitrogens with zero attached hydrogens (tertiary/aromatic N) is 2. The highest BCUT2D eigenvalue weighted by Crippen LogP contribution is 2.46. The van der Waals surface area contributed by atoms with Crippen LogP contribution in [0.3, 0.4) is 0 Å². The van der Waals surface area contributed by atoms with Crippen LogP contribution in [0.25, 0.3) is 0 Å². The topological polar surface area (TPSA) is 64.7 Å². The summed E-state index contributed by atoms with van der Waals surface area (Å²) in [6.45, 7) is 5.84. The first kappa shape index (κ1) is 27.0. The SMILES string of the molecule is CC(=O)N1CCCC12CCN(c1cc(F)cc(NC(=O)C3(C4CCCCC4)Cc4c(F)ccc(C)c4N3)c1)CC2. The first-order valence-corrected chi connectivity index (χ1v) is 14.9. The minimum absolute atomic E-state index is 0.0643. The molecule has 4 aliphatic rings. The molecule has 0 aromatic heterocycles. The average Bonchev–Trinajstić information content (AvgIpc) is 3.56. The van der Waals surface area contributed by atoms with E-state index in [1.54, 1.807) is 13.0 Å². The molecule has 214 valence electrons. The summed E-state index contributed by atoms with van der Waals surface area (Å²) in [5, 5.41) is 6.54. The van der Waals surface area contributed by atoms with Crippen molar-refractivity contribution in [2.45, 2.75) is 89.1 Å². The van der Waals surface area contributed by atoms with E-state index in [2.05, 4.69) is 15.5 Å². The van der Waals surface area contributed by atoms with E-state index in [1.807, 2.05) is 17.9 Å². The fourth-order valence-corrected chi connectivity index (χ4v) is 8.00. The van der Waals surface area contributed by atoms with Crippen molar-refractivity contribution in [2.75, 3.05) is 35.2 Å². The number of anilines is 3. The average molecular weight is 551 g/mol. The molecule has 2 N–H and O–H groups in total. The van der Waals surface area contributed by atoms with Gasteiger partial charge < -0.3 is 20.4 Å². The van der Waals surface area contributed by atoms with Gasteiger partial charge in [-0.3, -0.25) is 9.59 Å². The fourth-order valence-electron chi connectivity index (χ4n) is 8.00. The van der Waals surface area contributed by atoms with Crippen LogP contribution in [0.4, 0.5) is 25.8 Å². The van der Waals surface area contributed by atoms with Crippen molar-refractivity contribution in [3.63, 3.8) is 0 Å². The summed E-state index contributed by atoms with van der Waals surface area (Å²) in [6, 6.07) is 7.96. The second-order valence-corrected chi connectivity index (χ2v) is 12.5. The molecule has 8 heteroatoms. The molecule has 3 heterocycles. The molecule has 2 aromatic carbocycles. The normalized spacial score (nSPS) is 24.2. The summed E-state index contributed by atoms with van der Waals surface area (Å²) < 4.78 is 29.9. The maximum absolute atomic E-state index is 14.9. The van der Waals surface area contributed by atoms with E-state index in [0.29, 0.717) is 11.3 Å². The number of hydrogen-bond donors (Lipinski definition) is 2. The lowest BCUT2D eigenvalue weighted by molar-refractivity contribution is -0.133. The molecule has 1 aliphatic carbocycles. The number of benzene rings is 2. The van der Waals surface area contributed by atoms with Crippen LogP contribution in [0.1, 0.15) is 75.8 Å². The van der Waals surface area contributed by atoms with Crippen LogP contribution in [-0.2, 0) is 16.0 Å². The fraction of sp³-hybridized carbons (Fsp3) is 0.562. The van der Waals surface area contributed by atoms with Gasteiger partial charge in [0.2, 0.25) is 5.91 Å². The number of piperidine rings is 1. The minimum atomic E-state index is -0.974. The lowest BCUT2D eigenvalue weighted by Crippen LogP contribution is -2.55. The largest absolute Gasteiger partial charge is 0.371 e. The Morgan fingerprint density at radius 3 is 2.42 bits per heavy atom. The number of rotatable bonds is 4. The second kappa shape index (κ2) is 10.3. The molecule has 40 heavy (non-hydrogen) atoms. The second-order valence-electron chi connectivity index (χ2n) is 12.5. The molecule has 1 saturated carbocycles. The van der Waals surface area contributed by atoms with Crippen molar-refractivity contribution >= 4 is 28.9 Å². The number of likely N-dealkylation sites (tertiary alicyclic amines) is 1. The first-order valence-electron chi connectivity index (χ1n) is 14.9. The molecule has 3 fully saturated rings. The van der Waals surface area contributed by atoms with Gasteiger partial charge in [-0.1, -0.05) is 25.3 Å². The molecule has 2 saturated heterocycles. The zero-order valence-electron chi connectivity index (χ0n) is 23.6. The Hall–Kier alpha value is -3.16. The zero-order chi connectivity index (χ0) is 28.1. The van der Waals surface area contributed by atoms with Gasteiger partial charge in [0.1, 0.15) is 17.2 Å². The van der Waals surface area contributed by atoms with Crippen LogP contribution in [0.2, 0.25) is 0 Å². The zero-order valence-corrected chi connectivity index (χ0v) is 23.6. The van der Waals surface area contributed by atoms with E-state index in [9.17, 15) is 18.4 Å². The van der Waals surface area contributed by atoms with Crippen LogP contribution in [0.15, 0.2) is 30.3 Å². The summed E-state index contributed by atoms with van der Waals surface area (Å²) in [6.07, 6.45) is 9.06. The van der Waals surface area contributed by atoms with Crippen molar-refractivity contribution in [3.8, 4) is 0 Å². The van der Waals surface area contributed by atoms with Crippen molar-refractivity contribution in [3.05, 3.63) is 53.1 Å². The van der Waals surface area contributed by atoms with Gasteiger partial charge in [-0.2, -0.15) is 0 Å². The lowest BCUT2D eigenvalue weighted by atomic mass is 9.72. The quantitative estimate of drug-likeness (QED) is 0.477. The molecule has 1 spiro atoms. The highest BCUT2D eigenvalue weighted by molar-refractivity contribution is 6.02. The van der Waals surface area contributed by atoms with Crippen LogP contribution in [0, 0.1) is 24.5 Å². The van der Waals surface area contributed by atoms with E-state index in [4.69, 9.17) is 0 Å². The summed E-state index contributed by atoms with van der Waals surface area (Å²) >= 11 is 0. The monoisotopic (exact) mass is 550 g/mol. The summed E-state index contributed by atoms with van der Waals surface area (Å²) in [7, 11) is 0. The number of hydrogen-bond acceptors (Lipinski definition) is 4. The maximum atomic E-state index is 14.9. The van der Waals surface area contributed by atoms with Crippen LogP contribution in [0.5, 0.6) is 0 Å². The Kier molecular flexibility index (Phi) is 6.99. The van der Waals surface area contributed by atoms with E-state index >= 15 is 0 Å². The predicted octanol–water partition coefficient (Wildman–Crippen LogP) is 6.18. The van der Waals surface area contributed by atoms with E-state index in [0.717, 1.165) is 94.4 Å². The standard InChI is InChI=1S/C32H40F2N4O2/c1-21-9-10-28(34)27-20-32(36-29(21)27,23-7-4-3-5-8-23)30(40)35-25-17-24(33)18-26(19-25)37-15-12-31(13-16-37)11-6-14-38(31)22(2)39/h9-10,17-19,23,36H,3-8,11-16,20H2,1-2H3,(H,35,40). The number of aryl methyl sites for hydroxylation is 1. The Morgan fingerprint density at radius 2 is 1.73 bits per heavy atom. The molecule has 6 nitrogen and oxygen atoms in total. The molecular formula is C32H40F2N4O2. The number of carbonyl (C=O) groups excluding carboxylic acids is 2. The number of amides is 2. The van der Waals surface area contributed by atoms with Crippen molar-refractivity contribution in [1.29, 1.82) is 0 Å². The van der Waals surface area contributed by atoms with Crippen LogP contribution in [-0.4, -0.2) is 47.4 Å². The summed E-state index contributed by atoms with van der Waals surface area (Å²) in [5.74, 6) is -0.733. The van der Waals surface area contributed by atoms with Crippen molar-refractivity contribution in [2.24, 2.45) is 5.92 Å². The van der Waals surface area contributed by atoms with Gasteiger partial charge in [0.25, 0.3) is 5.91 Å². The third kappa shape index (κ3) is 4.63. The Balaban J connectivity index is 1.23. The molecule has 0 radical (unpaired) electrons. The van der Waals surface area contributed by atoms with Gasteiger partial charge in [0.15, 0.2) is 0 Å². The molecule has 1 atom stereocenters. The van der Waals surface area contributed by atoms with Gasteiger partial charge in [-0.25, -0.2) is 8.78 Å². The smallest absolute Gasteiger partial charge is 0.250 e. The van der Waals surface area contributed by atoms with E-state index in [-0.39, 0.29) is 35.5 Å². The number of fused-ring (bicyclic) bond motifs is 1. The highest BCUT2D eigenvalue weighted by Gasteiger charge is 2.51. The number of nitrogens with one attached hydrogen (secondary N) is 2. The van der Waals surface area contributed by atoms with Crippen LogP contribution >= 0.6 is 0 Å². The summed E-state index contributed by atoms with van der Waals surface area (Å²) in [4.78, 5) is 30.5. The highest BCUT2D eigenvalue weighted by atomic mass is 19.1. The third-order valence-corrected chi connectivity index (χ3v) is 10.2. The van der Waals surface area contributed by atoms with Gasteiger partial charge in [-0.05, 0) is 81.2 Å².